The van der Waals surface area contributed by atoms with E-state index in [-0.39, 0.29) is 24.0 Å². The van der Waals surface area contributed by atoms with Crippen LogP contribution in [0.25, 0.3) is 11.4 Å². The smallest absolute Gasteiger partial charge is 0.240 e. The second-order valence-corrected chi connectivity index (χ2v) is 11.9. The van der Waals surface area contributed by atoms with Crippen molar-refractivity contribution in [2.45, 2.75) is 49.1 Å². The van der Waals surface area contributed by atoms with Crippen LogP contribution < -0.4 is 10.0 Å². The van der Waals surface area contributed by atoms with Crippen LogP contribution in [0.2, 0.25) is 0 Å². The summed E-state index contributed by atoms with van der Waals surface area (Å²) < 4.78 is 51.5. The molecule has 1 saturated heterocycles. The number of hydrogen-bond donors (Lipinski definition) is 2. The maximum Gasteiger partial charge on any atom is 0.240 e. The van der Waals surface area contributed by atoms with E-state index in [2.05, 4.69) is 25.4 Å². The van der Waals surface area contributed by atoms with Gasteiger partial charge in [-0.2, -0.15) is 9.10 Å². The topological polar surface area (TPSA) is 139 Å². The van der Waals surface area contributed by atoms with Crippen molar-refractivity contribution in [2.75, 3.05) is 31.7 Å². The van der Waals surface area contributed by atoms with Gasteiger partial charge in [0, 0.05) is 30.4 Å². The second kappa shape index (κ2) is 8.45. The Hall–Kier alpha value is -2.09. The molecule has 4 rings (SSSR count). The Morgan fingerprint density at radius 2 is 1.77 bits per heavy atom. The predicted octanol–water partition coefficient (Wildman–Crippen LogP) is 0.809. The van der Waals surface area contributed by atoms with Crippen molar-refractivity contribution in [3.63, 3.8) is 0 Å². The highest BCUT2D eigenvalue weighted by Gasteiger charge is 2.36. The Bertz CT molecular complexity index is 1150. The van der Waals surface area contributed by atoms with Crippen molar-refractivity contribution in [1.29, 1.82) is 0 Å². The van der Waals surface area contributed by atoms with Crippen LogP contribution in [-0.2, 0) is 20.0 Å². The van der Waals surface area contributed by atoms with Crippen molar-refractivity contribution in [3.05, 3.63) is 18.2 Å². The third-order valence-electron chi connectivity index (χ3n) is 5.83. The lowest BCUT2D eigenvalue weighted by Gasteiger charge is -2.35. The standard InChI is InChI=1S/C18H27N7O4S2/c1-19-31(28,29)15-8-9-17(20-13-6-4-3-5-7-13)16(10-15)18-21-23-25(22-18)14-11-24(12-14)30(2,26)27/h8-10,13-14,19-20H,3-7,11-12H2,1-2H3. The molecule has 0 atom stereocenters. The largest absolute Gasteiger partial charge is 0.382 e. The fourth-order valence-electron chi connectivity index (χ4n) is 3.91. The molecule has 0 spiro atoms. The summed E-state index contributed by atoms with van der Waals surface area (Å²) in [6.45, 7) is 0.575. The van der Waals surface area contributed by atoms with E-state index in [0.29, 0.717) is 17.4 Å². The summed E-state index contributed by atoms with van der Waals surface area (Å²) in [6.07, 6.45) is 6.82. The quantitative estimate of drug-likeness (QED) is 0.607. The van der Waals surface area contributed by atoms with Gasteiger partial charge in [-0.25, -0.2) is 21.6 Å². The molecule has 2 aliphatic rings. The molecule has 1 aliphatic carbocycles. The minimum atomic E-state index is -3.64. The fraction of sp³-hybridized carbons (Fsp3) is 0.611. The molecule has 2 heterocycles. The van der Waals surface area contributed by atoms with Gasteiger partial charge >= 0.3 is 0 Å². The molecule has 1 aromatic carbocycles. The third kappa shape index (κ3) is 4.73. The number of rotatable bonds is 7. The number of nitrogens with one attached hydrogen (secondary N) is 2. The van der Waals surface area contributed by atoms with Gasteiger partial charge in [-0.15, -0.1) is 10.2 Å². The van der Waals surface area contributed by atoms with E-state index < -0.39 is 20.0 Å². The summed E-state index contributed by atoms with van der Waals surface area (Å²) in [7, 11) is -5.52. The van der Waals surface area contributed by atoms with Gasteiger partial charge < -0.3 is 5.32 Å². The highest BCUT2D eigenvalue weighted by atomic mass is 32.2. The first-order valence-electron chi connectivity index (χ1n) is 10.3. The molecule has 0 bridgehead atoms. The first-order chi connectivity index (χ1) is 14.7. The second-order valence-electron chi connectivity index (χ2n) is 8.06. The summed E-state index contributed by atoms with van der Waals surface area (Å²) in [5.74, 6) is 0.296. The zero-order chi connectivity index (χ0) is 22.2. The lowest BCUT2D eigenvalue weighted by atomic mass is 9.95. The Labute approximate surface area is 182 Å². The first-order valence-corrected chi connectivity index (χ1v) is 13.6. The summed E-state index contributed by atoms with van der Waals surface area (Å²) in [6, 6.07) is 4.95. The highest BCUT2D eigenvalue weighted by molar-refractivity contribution is 7.89. The van der Waals surface area contributed by atoms with Crippen LogP contribution in [-0.4, -0.2) is 73.8 Å². The average molecular weight is 470 g/mol. The highest BCUT2D eigenvalue weighted by Crippen LogP contribution is 2.31. The zero-order valence-electron chi connectivity index (χ0n) is 17.5. The minimum Gasteiger partial charge on any atom is -0.382 e. The molecule has 11 nitrogen and oxygen atoms in total. The molecule has 0 radical (unpaired) electrons. The summed E-state index contributed by atoms with van der Waals surface area (Å²) in [4.78, 5) is 1.52. The Morgan fingerprint density at radius 1 is 1.06 bits per heavy atom. The summed E-state index contributed by atoms with van der Waals surface area (Å²) in [5.41, 5.74) is 1.31. The van der Waals surface area contributed by atoms with E-state index in [1.165, 1.54) is 28.8 Å². The van der Waals surface area contributed by atoms with Crippen molar-refractivity contribution in [1.82, 2.24) is 29.2 Å². The molecule has 31 heavy (non-hydrogen) atoms. The Morgan fingerprint density at radius 3 is 2.42 bits per heavy atom. The minimum absolute atomic E-state index is 0.113. The maximum atomic E-state index is 12.3. The Kier molecular flexibility index (Phi) is 6.03. The number of tetrazole rings is 1. The third-order valence-corrected chi connectivity index (χ3v) is 8.48. The van der Waals surface area contributed by atoms with Gasteiger partial charge in [-0.05, 0) is 43.3 Å². The number of sulfonamides is 2. The van der Waals surface area contributed by atoms with Crippen LogP contribution >= 0.6 is 0 Å². The van der Waals surface area contributed by atoms with Gasteiger partial charge in [-0.1, -0.05) is 19.3 Å². The molecule has 1 aliphatic heterocycles. The van der Waals surface area contributed by atoms with Crippen LogP contribution in [0.1, 0.15) is 38.1 Å². The molecular formula is C18H27N7O4S2. The van der Waals surface area contributed by atoms with Crippen molar-refractivity contribution >= 4 is 25.7 Å². The first kappa shape index (κ1) is 22.1. The van der Waals surface area contributed by atoms with Gasteiger partial charge in [0.2, 0.25) is 25.9 Å². The monoisotopic (exact) mass is 469 g/mol. The lowest BCUT2D eigenvalue weighted by Crippen LogP contribution is -2.50. The van der Waals surface area contributed by atoms with E-state index in [0.717, 1.165) is 31.4 Å². The van der Waals surface area contributed by atoms with Crippen LogP contribution in [0, 0.1) is 0 Å². The SMILES string of the molecule is CNS(=O)(=O)c1ccc(NC2CCCCC2)c(-c2nnn(C3CN(S(C)(=O)=O)C3)n2)c1. The molecular weight excluding hydrogens is 442 g/mol. The fourth-order valence-corrected chi connectivity index (χ4v) is 5.55. The molecule has 1 saturated carbocycles. The normalized spacial score (nSPS) is 19.3. The molecule has 2 fully saturated rings. The molecule has 170 valence electrons. The lowest BCUT2D eigenvalue weighted by molar-refractivity contribution is 0.174. The maximum absolute atomic E-state index is 12.3. The number of anilines is 1. The van der Waals surface area contributed by atoms with Gasteiger partial charge in [0.25, 0.3) is 0 Å². The van der Waals surface area contributed by atoms with E-state index in [4.69, 9.17) is 0 Å². The molecule has 0 amide bonds. The summed E-state index contributed by atoms with van der Waals surface area (Å²) >= 11 is 0. The van der Waals surface area contributed by atoms with Crippen LogP contribution in [0.4, 0.5) is 5.69 Å². The molecule has 0 unspecified atom stereocenters. The molecule has 2 aromatic rings. The molecule has 13 heteroatoms. The van der Waals surface area contributed by atoms with Crippen molar-refractivity contribution < 1.29 is 16.8 Å². The van der Waals surface area contributed by atoms with Gasteiger partial charge in [0.15, 0.2) is 0 Å². The van der Waals surface area contributed by atoms with E-state index in [1.807, 2.05) is 0 Å². The van der Waals surface area contributed by atoms with Crippen molar-refractivity contribution in [3.8, 4) is 11.4 Å². The Balaban J connectivity index is 1.63. The zero-order valence-corrected chi connectivity index (χ0v) is 19.2. The average Bonchev–Trinajstić information content (AvgIpc) is 3.16. The van der Waals surface area contributed by atoms with Gasteiger partial charge in [0.1, 0.15) is 6.04 Å². The number of hydrogen-bond acceptors (Lipinski definition) is 8. The molecule has 1 aromatic heterocycles. The van der Waals surface area contributed by atoms with Crippen molar-refractivity contribution in [2.24, 2.45) is 0 Å². The van der Waals surface area contributed by atoms with Gasteiger partial charge in [0.05, 0.1) is 11.2 Å². The number of nitrogens with zero attached hydrogens (tertiary/aromatic N) is 5. The van der Waals surface area contributed by atoms with E-state index in [9.17, 15) is 16.8 Å². The van der Waals surface area contributed by atoms with E-state index >= 15 is 0 Å². The van der Waals surface area contributed by atoms with Crippen LogP contribution in [0.3, 0.4) is 0 Å². The van der Waals surface area contributed by atoms with Crippen LogP contribution in [0.5, 0.6) is 0 Å². The predicted molar refractivity (Wildman–Crippen MR) is 115 cm³/mol. The number of benzene rings is 1. The summed E-state index contributed by atoms with van der Waals surface area (Å²) in [5, 5.41) is 16.2. The van der Waals surface area contributed by atoms with Gasteiger partial charge in [-0.3, -0.25) is 0 Å². The number of aromatic nitrogens is 4. The van der Waals surface area contributed by atoms with Crippen LogP contribution in [0.15, 0.2) is 23.1 Å². The van der Waals surface area contributed by atoms with E-state index in [1.54, 1.807) is 18.2 Å². The molecule has 2 N–H and O–H groups in total.